The molecule has 1 aliphatic carbocycles. The Morgan fingerprint density at radius 3 is 2.00 bits per heavy atom. The fourth-order valence-corrected chi connectivity index (χ4v) is 3.33. The Morgan fingerprint density at radius 1 is 1.05 bits per heavy atom. The predicted octanol–water partition coefficient (Wildman–Crippen LogP) is 4.30. The van der Waals surface area contributed by atoms with Crippen LogP contribution in [0, 0.1) is 11.3 Å². The Bertz CT molecular complexity index is 270. The minimum Gasteiger partial charge on any atom is -0.311 e. The lowest BCUT2D eigenvalue weighted by molar-refractivity contribution is 0.104. The van der Waals surface area contributed by atoms with Gasteiger partial charge in [0.1, 0.15) is 0 Å². The average Bonchev–Trinajstić information content (AvgIpc) is 2.73. The third-order valence-electron chi connectivity index (χ3n) is 4.53. The summed E-state index contributed by atoms with van der Waals surface area (Å²) in [5.74, 6) is 0.756. The molecule has 1 aliphatic rings. The lowest BCUT2D eigenvalue weighted by atomic mass is 9.84. The van der Waals surface area contributed by atoms with Gasteiger partial charge in [0, 0.05) is 31.2 Å². The first kappa shape index (κ1) is 18.0. The summed E-state index contributed by atoms with van der Waals surface area (Å²) in [4.78, 5) is 2.71. The average molecular weight is 283 g/mol. The molecule has 0 unspecified atom stereocenters. The van der Waals surface area contributed by atoms with E-state index in [4.69, 9.17) is 0 Å². The highest BCUT2D eigenvalue weighted by atomic mass is 15.2. The number of nitrogens with one attached hydrogen (secondary N) is 1. The standard InChI is InChI=1S/C18H38N2/c1-15(2)12-20(16(3)4)14-18(10-8-9-11-18)13-19-17(5,6)7/h15-16,19H,8-14H2,1-7H3. The van der Waals surface area contributed by atoms with Crippen LogP contribution in [0.3, 0.4) is 0 Å². The van der Waals surface area contributed by atoms with Crippen LogP contribution in [0.5, 0.6) is 0 Å². The molecule has 1 fully saturated rings. The van der Waals surface area contributed by atoms with E-state index >= 15 is 0 Å². The normalized spacial score (nSPS) is 19.5. The Morgan fingerprint density at radius 2 is 1.60 bits per heavy atom. The molecule has 2 heteroatoms. The molecule has 0 heterocycles. The second-order valence-electron chi connectivity index (χ2n) is 8.73. The van der Waals surface area contributed by atoms with Crippen LogP contribution < -0.4 is 5.32 Å². The van der Waals surface area contributed by atoms with Crippen molar-refractivity contribution in [3.63, 3.8) is 0 Å². The smallest absolute Gasteiger partial charge is 0.00967 e. The summed E-state index contributed by atoms with van der Waals surface area (Å²) in [5, 5.41) is 3.78. The van der Waals surface area contributed by atoms with Crippen LogP contribution in [0.1, 0.15) is 74.1 Å². The highest BCUT2D eigenvalue weighted by Gasteiger charge is 2.36. The molecule has 0 spiro atoms. The van der Waals surface area contributed by atoms with E-state index in [1.54, 1.807) is 0 Å². The summed E-state index contributed by atoms with van der Waals surface area (Å²) in [6.45, 7) is 19.9. The zero-order chi connectivity index (χ0) is 15.4. The van der Waals surface area contributed by atoms with E-state index in [2.05, 4.69) is 58.7 Å². The van der Waals surface area contributed by atoms with Crippen LogP contribution in [0.2, 0.25) is 0 Å². The van der Waals surface area contributed by atoms with Crippen molar-refractivity contribution in [1.82, 2.24) is 10.2 Å². The molecule has 0 aliphatic heterocycles. The van der Waals surface area contributed by atoms with Gasteiger partial charge in [-0.2, -0.15) is 0 Å². The first-order chi connectivity index (χ1) is 9.14. The fraction of sp³-hybridized carbons (Fsp3) is 1.00. The first-order valence-electron chi connectivity index (χ1n) is 8.63. The third kappa shape index (κ3) is 6.13. The van der Waals surface area contributed by atoms with Crippen LogP contribution in [-0.4, -0.2) is 36.1 Å². The van der Waals surface area contributed by atoms with Crippen molar-refractivity contribution in [3.05, 3.63) is 0 Å². The Balaban J connectivity index is 2.68. The van der Waals surface area contributed by atoms with E-state index in [1.807, 2.05) is 0 Å². The summed E-state index contributed by atoms with van der Waals surface area (Å²) < 4.78 is 0. The van der Waals surface area contributed by atoms with Crippen molar-refractivity contribution in [2.45, 2.75) is 85.7 Å². The van der Waals surface area contributed by atoms with Crippen molar-refractivity contribution in [1.29, 1.82) is 0 Å². The molecule has 20 heavy (non-hydrogen) atoms. The minimum atomic E-state index is 0.232. The molecule has 0 amide bonds. The highest BCUT2D eigenvalue weighted by Crippen LogP contribution is 2.39. The lowest BCUT2D eigenvalue weighted by Gasteiger charge is -2.40. The summed E-state index contributed by atoms with van der Waals surface area (Å²) in [7, 11) is 0. The van der Waals surface area contributed by atoms with E-state index < -0.39 is 0 Å². The van der Waals surface area contributed by atoms with Crippen LogP contribution in [0.25, 0.3) is 0 Å². The maximum absolute atomic E-state index is 3.78. The Hall–Kier alpha value is -0.0800. The zero-order valence-electron chi connectivity index (χ0n) is 15.1. The summed E-state index contributed by atoms with van der Waals surface area (Å²) in [6.07, 6.45) is 5.63. The Kier molecular flexibility index (Phi) is 6.53. The van der Waals surface area contributed by atoms with Crippen LogP contribution in [0.15, 0.2) is 0 Å². The maximum atomic E-state index is 3.78. The van der Waals surface area contributed by atoms with Crippen molar-refractivity contribution < 1.29 is 0 Å². The largest absolute Gasteiger partial charge is 0.311 e. The molecule has 0 bridgehead atoms. The molecule has 120 valence electrons. The van der Waals surface area contributed by atoms with Crippen molar-refractivity contribution in [2.24, 2.45) is 11.3 Å². The molecule has 0 atom stereocenters. The van der Waals surface area contributed by atoms with E-state index in [0.29, 0.717) is 11.5 Å². The van der Waals surface area contributed by atoms with Crippen molar-refractivity contribution in [2.75, 3.05) is 19.6 Å². The molecular weight excluding hydrogens is 244 g/mol. The zero-order valence-corrected chi connectivity index (χ0v) is 15.1. The SMILES string of the molecule is CC(C)CN(CC1(CNC(C)(C)C)CCCC1)C(C)C. The van der Waals surface area contributed by atoms with Crippen LogP contribution in [-0.2, 0) is 0 Å². The van der Waals surface area contributed by atoms with Gasteiger partial charge >= 0.3 is 0 Å². The summed E-state index contributed by atoms with van der Waals surface area (Å²) >= 11 is 0. The van der Waals surface area contributed by atoms with Gasteiger partial charge < -0.3 is 10.2 Å². The van der Waals surface area contributed by atoms with Gasteiger partial charge in [-0.1, -0.05) is 26.7 Å². The second kappa shape index (κ2) is 7.26. The molecule has 0 aromatic carbocycles. The summed E-state index contributed by atoms with van der Waals surface area (Å²) in [6, 6.07) is 0.657. The Labute approximate surface area is 127 Å². The topological polar surface area (TPSA) is 15.3 Å². The van der Waals surface area contributed by atoms with Crippen molar-refractivity contribution in [3.8, 4) is 0 Å². The number of hydrogen-bond acceptors (Lipinski definition) is 2. The molecule has 0 aromatic rings. The van der Waals surface area contributed by atoms with Crippen LogP contribution >= 0.6 is 0 Å². The lowest BCUT2D eigenvalue weighted by Crippen LogP contribution is -2.49. The molecule has 0 radical (unpaired) electrons. The fourth-order valence-electron chi connectivity index (χ4n) is 3.33. The van der Waals surface area contributed by atoms with Crippen LogP contribution in [0.4, 0.5) is 0 Å². The predicted molar refractivity (Wildman–Crippen MR) is 90.2 cm³/mol. The van der Waals surface area contributed by atoms with Gasteiger partial charge in [0.15, 0.2) is 0 Å². The molecular formula is C18H38N2. The molecule has 0 saturated heterocycles. The monoisotopic (exact) mass is 282 g/mol. The van der Waals surface area contributed by atoms with E-state index in [9.17, 15) is 0 Å². The van der Waals surface area contributed by atoms with E-state index in [-0.39, 0.29) is 5.54 Å². The van der Waals surface area contributed by atoms with Gasteiger partial charge in [0.2, 0.25) is 0 Å². The van der Waals surface area contributed by atoms with Gasteiger partial charge in [0.05, 0.1) is 0 Å². The second-order valence-corrected chi connectivity index (χ2v) is 8.73. The molecule has 1 N–H and O–H groups in total. The van der Waals surface area contributed by atoms with E-state index in [1.165, 1.54) is 45.3 Å². The minimum absolute atomic E-state index is 0.232. The van der Waals surface area contributed by atoms with Gasteiger partial charge in [-0.3, -0.25) is 0 Å². The van der Waals surface area contributed by atoms with Gasteiger partial charge in [-0.05, 0) is 58.8 Å². The van der Waals surface area contributed by atoms with Gasteiger partial charge in [0.25, 0.3) is 0 Å². The quantitative estimate of drug-likeness (QED) is 0.749. The van der Waals surface area contributed by atoms with Gasteiger partial charge in [-0.25, -0.2) is 0 Å². The third-order valence-corrected chi connectivity index (χ3v) is 4.53. The number of nitrogens with zero attached hydrogens (tertiary/aromatic N) is 1. The molecule has 0 aromatic heterocycles. The highest BCUT2D eigenvalue weighted by molar-refractivity contribution is 4.92. The first-order valence-corrected chi connectivity index (χ1v) is 8.63. The molecule has 2 nitrogen and oxygen atoms in total. The maximum Gasteiger partial charge on any atom is 0.00967 e. The summed E-state index contributed by atoms with van der Waals surface area (Å²) in [5.41, 5.74) is 0.739. The number of rotatable bonds is 7. The van der Waals surface area contributed by atoms with Crippen molar-refractivity contribution >= 4 is 0 Å². The molecule has 1 rings (SSSR count). The number of hydrogen-bond donors (Lipinski definition) is 1. The van der Waals surface area contributed by atoms with Gasteiger partial charge in [-0.15, -0.1) is 0 Å². The van der Waals surface area contributed by atoms with E-state index in [0.717, 1.165) is 5.92 Å². The molecule has 1 saturated carbocycles.